The van der Waals surface area contributed by atoms with Gasteiger partial charge >= 0.3 is 0 Å². The number of hydrogen-bond acceptors (Lipinski definition) is 1. The van der Waals surface area contributed by atoms with Crippen LogP contribution < -0.4 is 0 Å². The summed E-state index contributed by atoms with van der Waals surface area (Å²) in [6, 6.07) is 10.4. The van der Waals surface area contributed by atoms with Crippen LogP contribution in [-0.4, -0.2) is 9.38 Å². The molecule has 0 saturated carbocycles. The summed E-state index contributed by atoms with van der Waals surface area (Å²) < 4.78 is 15.9. The molecule has 0 aliphatic carbocycles. The molecule has 0 spiro atoms. The Kier molecular flexibility index (Phi) is 2.67. The quantitative estimate of drug-likeness (QED) is 0.658. The molecular formula is C14H10BrFN2. The second-order valence-corrected chi connectivity index (χ2v) is 4.96. The summed E-state index contributed by atoms with van der Waals surface area (Å²) in [5.41, 5.74) is 3.74. The molecule has 0 unspecified atom stereocenters. The summed E-state index contributed by atoms with van der Waals surface area (Å²) in [5, 5.41) is 0. The van der Waals surface area contributed by atoms with E-state index in [9.17, 15) is 4.39 Å². The zero-order chi connectivity index (χ0) is 12.7. The maximum Gasteiger partial charge on any atom is 0.151 e. The lowest BCUT2D eigenvalue weighted by Crippen LogP contribution is -1.89. The van der Waals surface area contributed by atoms with Gasteiger partial charge < -0.3 is 0 Å². The lowest BCUT2D eigenvalue weighted by molar-refractivity contribution is 0.628. The summed E-state index contributed by atoms with van der Waals surface area (Å²) >= 11 is 3.49. The van der Waals surface area contributed by atoms with Crippen molar-refractivity contribution in [3.05, 3.63) is 58.6 Å². The monoisotopic (exact) mass is 304 g/mol. The Morgan fingerprint density at radius 3 is 2.61 bits per heavy atom. The summed E-state index contributed by atoms with van der Waals surface area (Å²) in [7, 11) is 0. The first-order valence-electron chi connectivity index (χ1n) is 5.56. The summed E-state index contributed by atoms with van der Waals surface area (Å²) in [6.07, 6.45) is 1.96. The van der Waals surface area contributed by atoms with Crippen molar-refractivity contribution >= 4 is 21.6 Å². The third kappa shape index (κ3) is 1.73. The Balaban J connectivity index is 2.32. The van der Waals surface area contributed by atoms with E-state index in [-0.39, 0.29) is 5.82 Å². The van der Waals surface area contributed by atoms with Gasteiger partial charge in [-0.1, -0.05) is 0 Å². The van der Waals surface area contributed by atoms with Crippen LogP contribution in [0.3, 0.4) is 0 Å². The number of fused-ring (bicyclic) bond motifs is 1. The normalized spacial score (nSPS) is 11.1. The number of aryl methyl sites for hydroxylation is 1. The fraction of sp³-hybridized carbons (Fsp3) is 0.0714. The van der Waals surface area contributed by atoms with Crippen LogP contribution in [0.5, 0.6) is 0 Å². The lowest BCUT2D eigenvalue weighted by atomic mass is 10.1. The standard InChI is InChI=1S/C14H10BrFN2/c1-9-13(10-4-6-11(16)7-5-10)18-8-2-3-12(15)14(18)17-9/h2-8H,1H3. The van der Waals surface area contributed by atoms with Gasteiger partial charge in [-0.15, -0.1) is 0 Å². The van der Waals surface area contributed by atoms with Crippen molar-refractivity contribution in [1.29, 1.82) is 0 Å². The largest absolute Gasteiger partial charge is 0.298 e. The predicted molar refractivity (Wildman–Crippen MR) is 73.0 cm³/mol. The van der Waals surface area contributed by atoms with Crippen molar-refractivity contribution in [3.8, 4) is 11.3 Å². The van der Waals surface area contributed by atoms with Crippen LogP contribution in [0.25, 0.3) is 16.9 Å². The molecule has 0 bridgehead atoms. The molecule has 0 fully saturated rings. The Hall–Kier alpha value is -1.68. The maximum atomic E-state index is 13.0. The Labute approximate surface area is 112 Å². The average Bonchev–Trinajstić information content (AvgIpc) is 2.69. The van der Waals surface area contributed by atoms with E-state index in [1.165, 1.54) is 12.1 Å². The molecule has 0 radical (unpaired) electrons. The average molecular weight is 305 g/mol. The van der Waals surface area contributed by atoms with Crippen LogP contribution >= 0.6 is 15.9 Å². The topological polar surface area (TPSA) is 17.3 Å². The van der Waals surface area contributed by atoms with E-state index < -0.39 is 0 Å². The fourth-order valence-corrected chi connectivity index (χ4v) is 2.54. The van der Waals surface area contributed by atoms with Crippen molar-refractivity contribution < 1.29 is 4.39 Å². The highest BCUT2D eigenvalue weighted by atomic mass is 79.9. The molecule has 2 heterocycles. The van der Waals surface area contributed by atoms with E-state index in [1.807, 2.05) is 29.7 Å². The Bertz CT molecular complexity index is 716. The van der Waals surface area contributed by atoms with E-state index in [1.54, 1.807) is 12.1 Å². The van der Waals surface area contributed by atoms with Crippen LogP contribution in [0, 0.1) is 12.7 Å². The van der Waals surface area contributed by atoms with Gasteiger partial charge in [-0.05, 0) is 59.3 Å². The van der Waals surface area contributed by atoms with Gasteiger partial charge in [-0.2, -0.15) is 0 Å². The van der Waals surface area contributed by atoms with Crippen molar-refractivity contribution in [2.24, 2.45) is 0 Å². The van der Waals surface area contributed by atoms with E-state index >= 15 is 0 Å². The third-order valence-corrected chi connectivity index (χ3v) is 3.51. The van der Waals surface area contributed by atoms with Gasteiger partial charge in [-0.25, -0.2) is 9.37 Å². The molecule has 4 heteroatoms. The minimum Gasteiger partial charge on any atom is -0.298 e. The summed E-state index contributed by atoms with van der Waals surface area (Å²) in [6.45, 7) is 1.96. The van der Waals surface area contributed by atoms with Crippen LogP contribution in [0.2, 0.25) is 0 Å². The number of pyridine rings is 1. The molecule has 3 aromatic rings. The highest BCUT2D eigenvalue weighted by Crippen LogP contribution is 2.27. The third-order valence-electron chi connectivity index (χ3n) is 2.89. The molecule has 2 nitrogen and oxygen atoms in total. The second kappa shape index (κ2) is 4.21. The van der Waals surface area contributed by atoms with Crippen LogP contribution in [0.1, 0.15) is 5.69 Å². The van der Waals surface area contributed by atoms with Crippen LogP contribution in [0.15, 0.2) is 47.1 Å². The first-order chi connectivity index (χ1) is 8.66. The molecule has 3 rings (SSSR count). The Morgan fingerprint density at radius 1 is 1.17 bits per heavy atom. The minimum atomic E-state index is -0.230. The summed E-state index contributed by atoms with van der Waals surface area (Å²) in [4.78, 5) is 4.53. The van der Waals surface area contributed by atoms with Gasteiger partial charge in [0.05, 0.1) is 15.9 Å². The molecule has 0 aliphatic rings. The number of benzene rings is 1. The number of halogens is 2. The van der Waals surface area contributed by atoms with Crippen molar-refractivity contribution in [2.45, 2.75) is 6.92 Å². The van der Waals surface area contributed by atoms with Gasteiger partial charge in [0.15, 0.2) is 5.65 Å². The van der Waals surface area contributed by atoms with Crippen LogP contribution in [-0.2, 0) is 0 Å². The number of aromatic nitrogens is 2. The number of nitrogens with zero attached hydrogens (tertiary/aromatic N) is 2. The van der Waals surface area contributed by atoms with Gasteiger partial charge in [0.2, 0.25) is 0 Å². The molecule has 0 aliphatic heterocycles. The molecule has 18 heavy (non-hydrogen) atoms. The fourth-order valence-electron chi connectivity index (χ4n) is 2.10. The van der Waals surface area contributed by atoms with E-state index in [0.717, 1.165) is 27.1 Å². The molecule has 0 amide bonds. The number of rotatable bonds is 1. The maximum absolute atomic E-state index is 13.0. The van der Waals surface area contributed by atoms with Crippen molar-refractivity contribution in [3.63, 3.8) is 0 Å². The highest BCUT2D eigenvalue weighted by Gasteiger charge is 2.12. The first kappa shape index (κ1) is 11.4. The van der Waals surface area contributed by atoms with Gasteiger partial charge in [0, 0.05) is 11.8 Å². The van der Waals surface area contributed by atoms with Crippen molar-refractivity contribution in [2.75, 3.05) is 0 Å². The van der Waals surface area contributed by atoms with Gasteiger partial charge in [0.25, 0.3) is 0 Å². The molecule has 0 atom stereocenters. The zero-order valence-corrected chi connectivity index (χ0v) is 11.3. The number of imidazole rings is 1. The second-order valence-electron chi connectivity index (χ2n) is 4.10. The van der Waals surface area contributed by atoms with Crippen molar-refractivity contribution in [1.82, 2.24) is 9.38 Å². The van der Waals surface area contributed by atoms with E-state index in [0.29, 0.717) is 0 Å². The van der Waals surface area contributed by atoms with E-state index in [2.05, 4.69) is 20.9 Å². The molecule has 2 aromatic heterocycles. The van der Waals surface area contributed by atoms with Gasteiger partial charge in [-0.3, -0.25) is 4.40 Å². The minimum absolute atomic E-state index is 0.230. The molecule has 1 aromatic carbocycles. The van der Waals surface area contributed by atoms with E-state index in [4.69, 9.17) is 0 Å². The predicted octanol–water partition coefficient (Wildman–Crippen LogP) is 4.21. The molecule has 0 saturated heterocycles. The first-order valence-corrected chi connectivity index (χ1v) is 6.35. The molecule has 90 valence electrons. The molecule has 0 N–H and O–H groups in total. The Morgan fingerprint density at radius 2 is 1.89 bits per heavy atom. The van der Waals surface area contributed by atoms with Gasteiger partial charge in [0.1, 0.15) is 5.82 Å². The lowest BCUT2D eigenvalue weighted by Gasteiger charge is -2.03. The van der Waals surface area contributed by atoms with Crippen LogP contribution in [0.4, 0.5) is 4.39 Å². The molecular weight excluding hydrogens is 295 g/mol. The smallest absolute Gasteiger partial charge is 0.151 e. The zero-order valence-electron chi connectivity index (χ0n) is 9.69. The summed E-state index contributed by atoms with van der Waals surface area (Å²) in [5.74, 6) is -0.230. The SMILES string of the molecule is Cc1nc2c(Br)cccn2c1-c1ccc(F)cc1. The highest BCUT2D eigenvalue weighted by molar-refractivity contribution is 9.10. The number of hydrogen-bond donors (Lipinski definition) is 0.